The Kier molecular flexibility index (Phi) is 6.76. The van der Waals surface area contributed by atoms with Crippen molar-refractivity contribution in [1.82, 2.24) is 5.32 Å². The Morgan fingerprint density at radius 3 is 2.37 bits per heavy atom. The number of benzene rings is 2. The highest BCUT2D eigenvalue weighted by molar-refractivity contribution is 5.97. The maximum Gasteiger partial charge on any atom is 0.322 e. The van der Waals surface area contributed by atoms with E-state index in [0.717, 1.165) is 0 Å². The average Bonchev–Trinajstić information content (AvgIpc) is 2.66. The van der Waals surface area contributed by atoms with Crippen LogP contribution in [0.5, 0.6) is 11.5 Å². The van der Waals surface area contributed by atoms with Crippen LogP contribution in [0, 0.1) is 0 Å². The Bertz CT molecular complexity index is 819. The zero-order chi connectivity index (χ0) is 19.8. The summed E-state index contributed by atoms with van der Waals surface area (Å²) < 4.78 is 10.7. The fourth-order valence-corrected chi connectivity index (χ4v) is 2.14. The molecule has 8 nitrogen and oxygen atoms in total. The fraction of sp³-hybridized carbons (Fsp3) is 0.211. The molecule has 0 heterocycles. The van der Waals surface area contributed by atoms with Crippen molar-refractivity contribution in [3.63, 3.8) is 0 Å². The van der Waals surface area contributed by atoms with Gasteiger partial charge in [0.05, 0.1) is 7.11 Å². The molecule has 2 amide bonds. The number of ether oxygens (including phenoxy) is 2. The van der Waals surface area contributed by atoms with Gasteiger partial charge in [-0.25, -0.2) is 0 Å². The first kappa shape index (κ1) is 19.8. The van der Waals surface area contributed by atoms with Crippen LogP contribution in [-0.2, 0) is 9.59 Å². The van der Waals surface area contributed by atoms with E-state index in [4.69, 9.17) is 14.6 Å². The number of anilines is 1. The summed E-state index contributed by atoms with van der Waals surface area (Å²) in [7, 11) is 1.54. The van der Waals surface area contributed by atoms with Crippen molar-refractivity contribution in [2.24, 2.45) is 0 Å². The third-order valence-electron chi connectivity index (χ3n) is 3.54. The Balaban J connectivity index is 1.92. The number of hydrogen-bond donors (Lipinski definition) is 3. The second-order valence-electron chi connectivity index (χ2n) is 5.58. The topological polar surface area (TPSA) is 114 Å². The molecule has 0 spiro atoms. The molecule has 1 unspecified atom stereocenters. The molecule has 27 heavy (non-hydrogen) atoms. The van der Waals surface area contributed by atoms with Crippen LogP contribution in [0.1, 0.15) is 17.3 Å². The number of amides is 2. The first-order chi connectivity index (χ1) is 12.9. The zero-order valence-electron chi connectivity index (χ0n) is 14.9. The van der Waals surface area contributed by atoms with Crippen molar-refractivity contribution >= 4 is 23.5 Å². The minimum atomic E-state index is -1.13. The number of aliphatic carboxylic acids is 1. The predicted molar refractivity (Wildman–Crippen MR) is 98.1 cm³/mol. The Labute approximate surface area is 156 Å². The van der Waals surface area contributed by atoms with Crippen LogP contribution in [0.4, 0.5) is 5.69 Å². The number of rotatable bonds is 8. The molecular formula is C19H20N2O6. The van der Waals surface area contributed by atoms with Crippen LogP contribution >= 0.6 is 0 Å². The van der Waals surface area contributed by atoms with Crippen molar-refractivity contribution in [1.29, 1.82) is 0 Å². The molecule has 0 radical (unpaired) electrons. The molecule has 3 N–H and O–H groups in total. The summed E-state index contributed by atoms with van der Waals surface area (Å²) in [4.78, 5) is 34.5. The Hall–Kier alpha value is -3.55. The minimum Gasteiger partial charge on any atom is -0.497 e. The summed E-state index contributed by atoms with van der Waals surface area (Å²) >= 11 is 0. The average molecular weight is 372 g/mol. The monoisotopic (exact) mass is 372 g/mol. The quantitative estimate of drug-likeness (QED) is 0.652. The third-order valence-corrected chi connectivity index (χ3v) is 3.54. The van der Waals surface area contributed by atoms with Crippen LogP contribution in [0.15, 0.2) is 48.5 Å². The molecule has 142 valence electrons. The first-order valence-corrected chi connectivity index (χ1v) is 8.10. The van der Waals surface area contributed by atoms with Gasteiger partial charge in [0.15, 0.2) is 6.10 Å². The molecule has 0 saturated heterocycles. The third kappa shape index (κ3) is 6.03. The smallest absolute Gasteiger partial charge is 0.322 e. The number of hydrogen-bond acceptors (Lipinski definition) is 5. The predicted octanol–water partition coefficient (Wildman–Crippen LogP) is 1.92. The largest absolute Gasteiger partial charge is 0.497 e. The van der Waals surface area contributed by atoms with Crippen LogP contribution in [0.2, 0.25) is 0 Å². The van der Waals surface area contributed by atoms with Gasteiger partial charge in [-0.1, -0.05) is 6.07 Å². The highest BCUT2D eigenvalue weighted by Gasteiger charge is 2.15. The summed E-state index contributed by atoms with van der Waals surface area (Å²) in [6, 6.07) is 13.0. The second-order valence-corrected chi connectivity index (χ2v) is 5.58. The number of carboxylic acid groups (broad SMARTS) is 1. The summed E-state index contributed by atoms with van der Waals surface area (Å²) in [5.41, 5.74) is 0.769. The lowest BCUT2D eigenvalue weighted by Crippen LogP contribution is -2.30. The molecule has 0 aliphatic heterocycles. The van der Waals surface area contributed by atoms with Gasteiger partial charge in [-0.3, -0.25) is 14.4 Å². The lowest BCUT2D eigenvalue weighted by atomic mass is 10.2. The summed E-state index contributed by atoms with van der Waals surface area (Å²) in [5.74, 6) is -0.873. The molecule has 2 aromatic rings. The van der Waals surface area contributed by atoms with Crippen LogP contribution in [-0.4, -0.2) is 42.6 Å². The van der Waals surface area contributed by atoms with Crippen LogP contribution < -0.4 is 20.1 Å². The summed E-state index contributed by atoms with van der Waals surface area (Å²) in [6.07, 6.45) is -0.754. The number of methoxy groups -OCH3 is 1. The van der Waals surface area contributed by atoms with E-state index in [9.17, 15) is 14.4 Å². The highest BCUT2D eigenvalue weighted by Crippen LogP contribution is 2.20. The van der Waals surface area contributed by atoms with Gasteiger partial charge >= 0.3 is 5.97 Å². The molecule has 0 saturated carbocycles. The second kappa shape index (κ2) is 9.23. The SMILES string of the molecule is COc1cccc(OC(C)C(=O)Nc2ccc(C(=O)NCC(=O)O)cc2)c1. The fourth-order valence-electron chi connectivity index (χ4n) is 2.14. The van der Waals surface area contributed by atoms with E-state index < -0.39 is 24.5 Å². The number of carboxylic acids is 1. The minimum absolute atomic E-state index is 0.287. The highest BCUT2D eigenvalue weighted by atomic mass is 16.5. The lowest BCUT2D eigenvalue weighted by molar-refractivity contribution is -0.135. The van der Waals surface area contributed by atoms with E-state index in [-0.39, 0.29) is 11.5 Å². The maximum absolute atomic E-state index is 12.3. The molecule has 2 rings (SSSR count). The lowest BCUT2D eigenvalue weighted by Gasteiger charge is -2.15. The first-order valence-electron chi connectivity index (χ1n) is 8.10. The van der Waals surface area contributed by atoms with Crippen LogP contribution in [0.3, 0.4) is 0 Å². The van der Waals surface area contributed by atoms with E-state index >= 15 is 0 Å². The number of nitrogens with one attached hydrogen (secondary N) is 2. The van der Waals surface area contributed by atoms with Crippen LogP contribution in [0.25, 0.3) is 0 Å². The Morgan fingerprint density at radius 2 is 1.74 bits per heavy atom. The molecular weight excluding hydrogens is 352 g/mol. The Morgan fingerprint density at radius 1 is 1.07 bits per heavy atom. The van der Waals surface area contributed by atoms with Crippen molar-refractivity contribution in [2.75, 3.05) is 19.0 Å². The maximum atomic E-state index is 12.3. The molecule has 0 aromatic heterocycles. The molecule has 0 bridgehead atoms. The van der Waals surface area contributed by atoms with Gasteiger partial charge in [-0.05, 0) is 43.3 Å². The van der Waals surface area contributed by atoms with Gasteiger partial charge in [0.1, 0.15) is 18.0 Å². The van der Waals surface area contributed by atoms with E-state index in [1.165, 1.54) is 12.1 Å². The van der Waals surface area contributed by atoms with Crippen molar-refractivity contribution < 1.29 is 29.0 Å². The molecule has 2 aromatic carbocycles. The molecule has 0 fully saturated rings. The standard InChI is InChI=1S/C19H20N2O6/c1-12(27-16-5-3-4-15(10-16)26-2)18(24)21-14-8-6-13(7-9-14)19(25)20-11-17(22)23/h3-10,12H,11H2,1-2H3,(H,20,25)(H,21,24)(H,22,23). The van der Waals surface area contributed by atoms with Gasteiger partial charge < -0.3 is 25.2 Å². The van der Waals surface area contributed by atoms with E-state index in [1.54, 1.807) is 50.4 Å². The van der Waals surface area contributed by atoms with Gasteiger partial charge in [0.2, 0.25) is 0 Å². The number of carbonyl (C=O) groups excluding carboxylic acids is 2. The van der Waals surface area contributed by atoms with Gasteiger partial charge in [0, 0.05) is 17.3 Å². The van der Waals surface area contributed by atoms with Gasteiger partial charge in [-0.2, -0.15) is 0 Å². The van der Waals surface area contributed by atoms with E-state index in [2.05, 4.69) is 10.6 Å². The number of carbonyl (C=O) groups is 3. The van der Waals surface area contributed by atoms with Gasteiger partial charge in [0.25, 0.3) is 11.8 Å². The summed E-state index contributed by atoms with van der Waals surface area (Å²) in [5, 5.41) is 13.5. The zero-order valence-corrected chi connectivity index (χ0v) is 14.9. The van der Waals surface area contributed by atoms with Crippen molar-refractivity contribution in [2.45, 2.75) is 13.0 Å². The van der Waals surface area contributed by atoms with Crippen molar-refractivity contribution in [3.05, 3.63) is 54.1 Å². The van der Waals surface area contributed by atoms with E-state index in [1.807, 2.05) is 0 Å². The van der Waals surface area contributed by atoms with Crippen molar-refractivity contribution in [3.8, 4) is 11.5 Å². The van der Waals surface area contributed by atoms with E-state index in [0.29, 0.717) is 17.2 Å². The normalized spacial score (nSPS) is 11.2. The van der Waals surface area contributed by atoms with Gasteiger partial charge in [-0.15, -0.1) is 0 Å². The molecule has 1 atom stereocenters. The molecule has 0 aliphatic rings. The summed E-state index contributed by atoms with van der Waals surface area (Å²) in [6.45, 7) is 1.15. The molecule has 8 heteroatoms. The molecule has 0 aliphatic carbocycles.